The maximum atomic E-state index is 14.0. The number of amides is 1. The first-order chi connectivity index (χ1) is 20.3. The molecule has 0 fully saturated rings. The zero-order valence-corrected chi connectivity index (χ0v) is 25.2. The molecule has 1 aromatic heterocycles. The Labute approximate surface area is 249 Å². The summed E-state index contributed by atoms with van der Waals surface area (Å²) in [6.45, 7) is 6.16. The Bertz CT molecular complexity index is 1550. The van der Waals surface area contributed by atoms with Gasteiger partial charge in [0.1, 0.15) is 17.5 Å². The van der Waals surface area contributed by atoms with Crippen LogP contribution in [0.4, 0.5) is 31.0 Å². The lowest BCUT2D eigenvalue weighted by Crippen LogP contribution is -2.36. The number of carboxylic acids is 1. The number of aliphatic carboxylic acids is 1. The second-order valence-corrected chi connectivity index (χ2v) is 11.3. The highest BCUT2D eigenvalue weighted by atomic mass is 32.2. The van der Waals surface area contributed by atoms with E-state index >= 15 is 0 Å². The molecule has 0 saturated carbocycles. The summed E-state index contributed by atoms with van der Waals surface area (Å²) in [5.41, 5.74) is 0.492. The number of carbonyl (C=O) groups is 2. The van der Waals surface area contributed by atoms with Gasteiger partial charge >= 0.3 is 12.1 Å². The molecular formula is C28H34F2N6O6S. The number of nitrogens with one attached hydrogen (secondary N) is 1. The Kier molecular flexibility index (Phi) is 10.8. The van der Waals surface area contributed by atoms with Crippen LogP contribution in [-0.2, 0) is 21.2 Å². The summed E-state index contributed by atoms with van der Waals surface area (Å²) in [6.07, 6.45) is 0.622. The first kappa shape index (κ1) is 33.0. The van der Waals surface area contributed by atoms with Gasteiger partial charge in [0.15, 0.2) is 17.5 Å². The molecule has 0 aliphatic rings. The molecular weight excluding hydrogens is 586 g/mol. The number of carbonyl (C=O) groups excluding carboxylic acids is 1. The Balaban J connectivity index is 2.02. The number of ether oxygens (including phenoxy) is 1. The topological polar surface area (TPSA) is 145 Å². The van der Waals surface area contributed by atoms with Crippen molar-refractivity contribution >= 4 is 39.5 Å². The molecule has 1 heterocycles. The highest BCUT2D eigenvalue weighted by Gasteiger charge is 2.30. The van der Waals surface area contributed by atoms with Crippen LogP contribution >= 0.6 is 0 Å². The van der Waals surface area contributed by atoms with E-state index in [2.05, 4.69) is 15.3 Å². The minimum Gasteiger partial charge on any atom is -0.480 e. The van der Waals surface area contributed by atoms with E-state index in [1.54, 1.807) is 17.0 Å². The molecule has 0 saturated heterocycles. The van der Waals surface area contributed by atoms with Crippen LogP contribution in [0.15, 0.2) is 53.6 Å². The van der Waals surface area contributed by atoms with Crippen molar-refractivity contribution in [3.05, 3.63) is 65.9 Å². The molecule has 2 N–H and O–H groups in total. The summed E-state index contributed by atoms with van der Waals surface area (Å²) >= 11 is 0. The molecule has 1 amide bonds. The number of benzene rings is 2. The maximum absolute atomic E-state index is 14.0. The monoisotopic (exact) mass is 620 g/mol. The van der Waals surface area contributed by atoms with Crippen LogP contribution in [0.1, 0.15) is 26.3 Å². The molecule has 1 atom stereocenters. The zero-order chi connectivity index (χ0) is 31.9. The van der Waals surface area contributed by atoms with Gasteiger partial charge in [-0.1, -0.05) is 12.1 Å². The van der Waals surface area contributed by atoms with Crippen molar-refractivity contribution in [3.8, 4) is 5.75 Å². The van der Waals surface area contributed by atoms with Gasteiger partial charge < -0.3 is 25.0 Å². The van der Waals surface area contributed by atoms with Gasteiger partial charge in [0.25, 0.3) is 10.0 Å². The van der Waals surface area contributed by atoms with Crippen molar-refractivity contribution in [1.29, 1.82) is 0 Å². The molecule has 0 aliphatic heterocycles. The molecule has 0 spiro atoms. The number of hydrogen-bond donors (Lipinski definition) is 2. The van der Waals surface area contributed by atoms with E-state index in [-0.39, 0.29) is 36.2 Å². The number of halogens is 2. The van der Waals surface area contributed by atoms with Crippen molar-refractivity contribution in [1.82, 2.24) is 14.9 Å². The predicted octanol–water partition coefficient (Wildman–Crippen LogP) is 3.98. The molecule has 12 nitrogen and oxygen atoms in total. The fourth-order valence-electron chi connectivity index (χ4n) is 4.03. The average molecular weight is 621 g/mol. The van der Waals surface area contributed by atoms with E-state index in [1.807, 2.05) is 13.8 Å². The van der Waals surface area contributed by atoms with Crippen LogP contribution in [0, 0.1) is 11.6 Å². The summed E-state index contributed by atoms with van der Waals surface area (Å²) in [7, 11) is -1.37. The van der Waals surface area contributed by atoms with E-state index in [1.165, 1.54) is 44.2 Å². The quantitative estimate of drug-likeness (QED) is 0.288. The van der Waals surface area contributed by atoms with Crippen molar-refractivity contribution in [3.63, 3.8) is 0 Å². The lowest BCUT2D eigenvalue weighted by Gasteiger charge is -2.27. The maximum Gasteiger partial charge on any atom is 0.414 e. The van der Waals surface area contributed by atoms with Crippen LogP contribution in [-0.4, -0.2) is 80.2 Å². The van der Waals surface area contributed by atoms with E-state index < -0.39 is 44.7 Å². The second kappa shape index (κ2) is 14.1. The predicted molar refractivity (Wildman–Crippen MR) is 157 cm³/mol. The number of anilines is 3. The van der Waals surface area contributed by atoms with Crippen molar-refractivity contribution in [2.45, 2.75) is 38.1 Å². The summed E-state index contributed by atoms with van der Waals surface area (Å²) in [4.78, 5) is 35.5. The van der Waals surface area contributed by atoms with Gasteiger partial charge in [0, 0.05) is 40.2 Å². The van der Waals surface area contributed by atoms with Gasteiger partial charge in [-0.3, -0.25) is 4.31 Å². The lowest BCUT2D eigenvalue weighted by atomic mass is 10.1. The van der Waals surface area contributed by atoms with E-state index in [9.17, 15) is 31.9 Å². The lowest BCUT2D eigenvalue weighted by molar-refractivity contribution is -0.137. The Morgan fingerprint density at radius 1 is 1.00 bits per heavy atom. The Hall–Kier alpha value is -4.53. The third-order valence-electron chi connectivity index (χ3n) is 6.38. The SMILES string of the molecule is CCN(CC)c1ncc(N(CC)S(=O)(=O)c2ccc(F)c(F)c2)c(NC(Cc2ccc(OC(=O)N(C)C)cc2)C(=O)O)n1. The number of hydrogen-bond acceptors (Lipinski definition) is 9. The number of sulfonamides is 1. The molecule has 3 aromatic rings. The molecule has 232 valence electrons. The summed E-state index contributed by atoms with van der Waals surface area (Å²) in [5.74, 6) is -3.38. The van der Waals surface area contributed by atoms with Gasteiger partial charge in [-0.2, -0.15) is 4.98 Å². The number of rotatable bonds is 13. The normalized spacial score (nSPS) is 11.9. The summed E-state index contributed by atoms with van der Waals surface area (Å²) in [6, 6.07) is 7.20. The summed E-state index contributed by atoms with van der Waals surface area (Å²) in [5, 5.41) is 12.9. The van der Waals surface area contributed by atoms with Crippen LogP contribution in [0.2, 0.25) is 0 Å². The standard InChI is InChI=1S/C28H34F2N6O6S/c1-6-35(7-2)27-31-17-24(36(8-3)43(40,41)20-13-14-21(29)22(30)16-20)25(33-27)32-23(26(37)38)15-18-9-11-19(12-10-18)42-28(39)34(4)5/h9-14,16-17,23H,6-8,15H2,1-5H3,(H,37,38)(H,31,32,33). The Morgan fingerprint density at radius 2 is 1.65 bits per heavy atom. The fourth-order valence-corrected chi connectivity index (χ4v) is 5.51. The molecule has 0 aliphatic carbocycles. The van der Waals surface area contributed by atoms with Crippen molar-refractivity contribution in [2.75, 3.05) is 48.3 Å². The number of carboxylic acid groups (broad SMARTS) is 1. The molecule has 0 radical (unpaired) electrons. The van der Waals surface area contributed by atoms with Crippen LogP contribution in [0.3, 0.4) is 0 Å². The number of nitrogens with zero attached hydrogens (tertiary/aromatic N) is 5. The minimum atomic E-state index is -4.45. The molecule has 0 bridgehead atoms. The fraction of sp³-hybridized carbons (Fsp3) is 0.357. The van der Waals surface area contributed by atoms with Crippen LogP contribution in [0.25, 0.3) is 0 Å². The van der Waals surface area contributed by atoms with E-state index in [4.69, 9.17) is 4.74 Å². The highest BCUT2D eigenvalue weighted by molar-refractivity contribution is 7.92. The average Bonchev–Trinajstić information content (AvgIpc) is 2.96. The highest BCUT2D eigenvalue weighted by Crippen LogP contribution is 2.31. The van der Waals surface area contributed by atoms with Crippen LogP contribution < -0.4 is 19.3 Å². The second-order valence-electron chi connectivity index (χ2n) is 9.47. The number of aromatic nitrogens is 2. The van der Waals surface area contributed by atoms with Gasteiger partial charge in [0.2, 0.25) is 5.95 Å². The van der Waals surface area contributed by atoms with Gasteiger partial charge in [-0.05, 0) is 56.7 Å². The smallest absolute Gasteiger partial charge is 0.414 e. The van der Waals surface area contributed by atoms with E-state index in [0.717, 1.165) is 10.4 Å². The molecule has 1 unspecified atom stereocenters. The largest absolute Gasteiger partial charge is 0.480 e. The molecule has 2 aromatic carbocycles. The van der Waals surface area contributed by atoms with Crippen LogP contribution in [0.5, 0.6) is 5.75 Å². The van der Waals surface area contributed by atoms with Gasteiger partial charge in [-0.25, -0.2) is 31.8 Å². The molecule has 3 rings (SSSR count). The third-order valence-corrected chi connectivity index (χ3v) is 8.27. The first-order valence-corrected chi connectivity index (χ1v) is 14.8. The minimum absolute atomic E-state index is 0.0522. The zero-order valence-electron chi connectivity index (χ0n) is 24.4. The third kappa shape index (κ3) is 7.85. The molecule has 15 heteroatoms. The first-order valence-electron chi connectivity index (χ1n) is 13.4. The summed E-state index contributed by atoms with van der Waals surface area (Å²) < 4.78 is 60.7. The van der Waals surface area contributed by atoms with Gasteiger partial charge in [-0.15, -0.1) is 0 Å². The van der Waals surface area contributed by atoms with Crippen molar-refractivity contribution in [2.24, 2.45) is 0 Å². The molecule has 43 heavy (non-hydrogen) atoms. The Morgan fingerprint density at radius 3 is 2.19 bits per heavy atom. The van der Waals surface area contributed by atoms with E-state index in [0.29, 0.717) is 30.8 Å². The van der Waals surface area contributed by atoms with Crippen molar-refractivity contribution < 1.29 is 36.6 Å². The van der Waals surface area contributed by atoms with Gasteiger partial charge in [0.05, 0.1) is 11.1 Å².